The molecule has 0 heterocycles. The van der Waals surface area contributed by atoms with E-state index in [-0.39, 0.29) is 25.7 Å². The Bertz CT molecular complexity index is 1800. The number of hydrogen-bond acceptors (Lipinski definition) is 15. The fourth-order valence-corrected chi connectivity index (χ4v) is 12.9. The lowest BCUT2D eigenvalue weighted by molar-refractivity contribution is -0.161. The average molecular weight is 1370 g/mol. The number of unbranched alkanes of at least 4 members (excludes halogenated alkanes) is 43. The van der Waals surface area contributed by atoms with Crippen LogP contribution in [0, 0.1) is 11.8 Å². The van der Waals surface area contributed by atoms with Crippen LogP contribution in [0.2, 0.25) is 0 Å². The first-order chi connectivity index (χ1) is 44.9. The molecule has 17 nitrogen and oxygen atoms in total. The number of carbonyl (C=O) groups is 4. The minimum atomic E-state index is -4.96. The zero-order valence-electron chi connectivity index (χ0n) is 60.6. The maximum Gasteiger partial charge on any atom is 0.472 e. The molecular weight excluding hydrogens is 1220 g/mol. The van der Waals surface area contributed by atoms with Gasteiger partial charge in [0, 0.05) is 25.7 Å². The highest BCUT2D eigenvalue weighted by molar-refractivity contribution is 7.47. The number of rotatable bonds is 73. The number of esters is 4. The van der Waals surface area contributed by atoms with Crippen molar-refractivity contribution in [3.05, 3.63) is 0 Å². The van der Waals surface area contributed by atoms with Crippen molar-refractivity contribution < 1.29 is 80.2 Å². The first kappa shape index (κ1) is 91.1. The first-order valence-corrected chi connectivity index (χ1v) is 41.5. The van der Waals surface area contributed by atoms with E-state index in [2.05, 4.69) is 41.5 Å². The summed E-state index contributed by atoms with van der Waals surface area (Å²) >= 11 is 0. The summed E-state index contributed by atoms with van der Waals surface area (Å²) in [6.07, 6.45) is 52.9. The van der Waals surface area contributed by atoms with Crippen LogP contribution in [0.25, 0.3) is 0 Å². The monoisotopic (exact) mass is 1370 g/mol. The van der Waals surface area contributed by atoms with Crippen molar-refractivity contribution in [1.29, 1.82) is 0 Å². The molecule has 0 aliphatic carbocycles. The largest absolute Gasteiger partial charge is 0.472 e. The van der Waals surface area contributed by atoms with E-state index in [1.54, 1.807) is 0 Å². The summed E-state index contributed by atoms with van der Waals surface area (Å²) in [5.41, 5.74) is 0. The smallest absolute Gasteiger partial charge is 0.462 e. The predicted molar refractivity (Wildman–Crippen MR) is 377 cm³/mol. The van der Waals surface area contributed by atoms with Crippen LogP contribution in [-0.4, -0.2) is 96.7 Å². The summed E-state index contributed by atoms with van der Waals surface area (Å²) in [6.45, 7) is 9.52. The predicted octanol–water partition coefficient (Wildman–Crippen LogP) is 21.6. The molecular formula is C74H144O17P2. The summed E-state index contributed by atoms with van der Waals surface area (Å²) in [7, 11) is -9.90. The Morgan fingerprint density at radius 1 is 0.290 bits per heavy atom. The Balaban J connectivity index is 5.21. The van der Waals surface area contributed by atoms with Gasteiger partial charge in [0.1, 0.15) is 19.3 Å². The summed E-state index contributed by atoms with van der Waals surface area (Å²) in [6, 6.07) is 0. The minimum absolute atomic E-state index is 0.105. The number of carbonyl (C=O) groups excluding carboxylic acids is 4. The molecule has 0 rings (SSSR count). The number of ether oxygens (including phenoxy) is 4. The lowest BCUT2D eigenvalue weighted by Crippen LogP contribution is -2.30. The van der Waals surface area contributed by atoms with Gasteiger partial charge in [-0.1, -0.05) is 330 Å². The molecule has 0 radical (unpaired) electrons. The summed E-state index contributed by atoms with van der Waals surface area (Å²) in [5.74, 6) is -0.637. The average Bonchev–Trinajstić information content (AvgIpc) is 1.69. The molecule has 0 aliphatic heterocycles. The molecule has 0 amide bonds. The SMILES string of the molecule is CCCCCCCCCCCCCCCCCCC(=O)OC[C@H](COP(=O)(O)OC[C@@H](O)COP(=O)(O)OC[C@@H](COC(=O)CCCCCCCCC(C)C)OC(=O)CCCCCCCCCCCC)OC(=O)CCCCCCCCCCCCCCCCCC(C)C. The first-order valence-electron chi connectivity index (χ1n) is 38.5. The fourth-order valence-electron chi connectivity index (χ4n) is 11.3. The summed E-state index contributed by atoms with van der Waals surface area (Å²) < 4.78 is 68.4. The van der Waals surface area contributed by atoms with Crippen molar-refractivity contribution in [3.8, 4) is 0 Å². The van der Waals surface area contributed by atoms with Gasteiger partial charge in [0.15, 0.2) is 12.2 Å². The highest BCUT2D eigenvalue weighted by Gasteiger charge is 2.30. The molecule has 5 atom stereocenters. The van der Waals surface area contributed by atoms with Gasteiger partial charge in [0.05, 0.1) is 26.4 Å². The molecule has 0 saturated heterocycles. The van der Waals surface area contributed by atoms with Crippen LogP contribution in [0.15, 0.2) is 0 Å². The van der Waals surface area contributed by atoms with Gasteiger partial charge in [-0.3, -0.25) is 37.3 Å². The molecule has 0 bridgehead atoms. The Morgan fingerprint density at radius 2 is 0.495 bits per heavy atom. The number of aliphatic hydroxyl groups is 1. The molecule has 19 heteroatoms. The van der Waals surface area contributed by atoms with E-state index in [1.807, 2.05) is 0 Å². The second kappa shape index (κ2) is 66.0. The summed E-state index contributed by atoms with van der Waals surface area (Å²) in [5, 5.41) is 10.6. The van der Waals surface area contributed by atoms with Gasteiger partial charge in [-0.15, -0.1) is 0 Å². The van der Waals surface area contributed by atoms with Crippen LogP contribution >= 0.6 is 15.6 Å². The third kappa shape index (κ3) is 68.4. The molecule has 3 N–H and O–H groups in total. The highest BCUT2D eigenvalue weighted by Crippen LogP contribution is 2.45. The maximum absolute atomic E-state index is 13.1. The van der Waals surface area contributed by atoms with E-state index in [1.165, 1.54) is 193 Å². The summed E-state index contributed by atoms with van der Waals surface area (Å²) in [4.78, 5) is 72.6. The van der Waals surface area contributed by atoms with Crippen molar-refractivity contribution in [2.45, 2.75) is 400 Å². The van der Waals surface area contributed by atoms with E-state index < -0.39 is 97.5 Å². The van der Waals surface area contributed by atoms with Crippen molar-refractivity contribution >= 4 is 39.5 Å². The van der Waals surface area contributed by atoms with Crippen LogP contribution in [0.4, 0.5) is 0 Å². The van der Waals surface area contributed by atoms with Crippen molar-refractivity contribution in [2.75, 3.05) is 39.6 Å². The molecule has 0 aromatic rings. The molecule has 552 valence electrons. The van der Waals surface area contributed by atoms with E-state index in [0.29, 0.717) is 31.6 Å². The number of aliphatic hydroxyl groups excluding tert-OH is 1. The Morgan fingerprint density at radius 3 is 0.731 bits per heavy atom. The zero-order chi connectivity index (χ0) is 68.6. The minimum Gasteiger partial charge on any atom is -0.462 e. The van der Waals surface area contributed by atoms with Gasteiger partial charge in [0.2, 0.25) is 0 Å². The third-order valence-electron chi connectivity index (χ3n) is 17.2. The highest BCUT2D eigenvalue weighted by atomic mass is 31.2. The van der Waals surface area contributed by atoms with Gasteiger partial charge in [0.25, 0.3) is 0 Å². The van der Waals surface area contributed by atoms with Gasteiger partial charge in [-0.25, -0.2) is 9.13 Å². The third-order valence-corrected chi connectivity index (χ3v) is 19.1. The van der Waals surface area contributed by atoms with E-state index in [4.69, 9.17) is 37.0 Å². The van der Waals surface area contributed by atoms with Crippen molar-refractivity contribution in [3.63, 3.8) is 0 Å². The number of phosphoric ester groups is 2. The standard InChI is InChI=1S/C74H144O17P2/c1-7-9-11-13-15-17-19-20-21-24-27-30-34-37-44-50-56-71(76)84-62-69(90-74(79)59-53-47-39-35-31-28-25-22-23-26-29-32-36-42-48-54-66(3)4)64-88-92(80,81)86-60-68(75)61-87-93(82,83)89-65-70(63-85-72(77)57-51-45-41-40-43-49-55-67(5)6)91-73(78)58-52-46-38-33-18-16-14-12-10-8-2/h66-70,75H,7-65H2,1-6H3,(H,80,81)(H,82,83)/t68-,69-,70-/m1/s1. The normalized spacial score (nSPS) is 14.1. The van der Waals surface area contributed by atoms with Crippen molar-refractivity contribution in [1.82, 2.24) is 0 Å². The second-order valence-electron chi connectivity index (χ2n) is 27.6. The van der Waals surface area contributed by atoms with Crippen LogP contribution in [0.1, 0.15) is 382 Å². The second-order valence-corrected chi connectivity index (χ2v) is 30.5. The van der Waals surface area contributed by atoms with Crippen LogP contribution in [0.5, 0.6) is 0 Å². The molecule has 0 spiro atoms. The quantitative estimate of drug-likeness (QED) is 0.0222. The maximum atomic E-state index is 13.1. The van der Waals surface area contributed by atoms with Gasteiger partial charge < -0.3 is 33.8 Å². The van der Waals surface area contributed by atoms with Crippen LogP contribution in [0.3, 0.4) is 0 Å². The molecule has 0 aromatic carbocycles. The molecule has 2 unspecified atom stereocenters. The van der Waals surface area contributed by atoms with Gasteiger partial charge in [-0.05, 0) is 37.5 Å². The van der Waals surface area contributed by atoms with Gasteiger partial charge >= 0.3 is 39.5 Å². The molecule has 0 fully saturated rings. The van der Waals surface area contributed by atoms with Crippen LogP contribution < -0.4 is 0 Å². The molecule has 0 saturated carbocycles. The Kier molecular flexibility index (Phi) is 64.6. The van der Waals surface area contributed by atoms with E-state index >= 15 is 0 Å². The molecule has 0 aromatic heterocycles. The Labute approximate surface area is 568 Å². The fraction of sp³-hybridized carbons (Fsp3) is 0.946. The van der Waals surface area contributed by atoms with E-state index in [0.717, 1.165) is 102 Å². The zero-order valence-corrected chi connectivity index (χ0v) is 62.3. The number of phosphoric acid groups is 2. The van der Waals surface area contributed by atoms with Gasteiger partial charge in [-0.2, -0.15) is 0 Å². The van der Waals surface area contributed by atoms with Crippen molar-refractivity contribution in [2.24, 2.45) is 11.8 Å². The molecule has 0 aliphatic rings. The number of hydrogen-bond donors (Lipinski definition) is 3. The lowest BCUT2D eigenvalue weighted by atomic mass is 10.0. The van der Waals surface area contributed by atoms with E-state index in [9.17, 15) is 43.2 Å². The topological polar surface area (TPSA) is 237 Å². The Hall–Kier alpha value is -1.94. The van der Waals surface area contributed by atoms with Crippen LogP contribution in [-0.2, 0) is 65.4 Å². The lowest BCUT2D eigenvalue weighted by Gasteiger charge is -2.21. The molecule has 93 heavy (non-hydrogen) atoms.